The van der Waals surface area contributed by atoms with Crippen LogP contribution in [0.2, 0.25) is 5.02 Å². The van der Waals surface area contributed by atoms with Crippen LogP contribution in [-0.4, -0.2) is 9.97 Å². The second-order valence-electron chi connectivity index (χ2n) is 5.15. The van der Waals surface area contributed by atoms with Gasteiger partial charge in [0.2, 0.25) is 0 Å². The Balaban J connectivity index is 2.10. The Kier molecular flexibility index (Phi) is 4.42. The van der Waals surface area contributed by atoms with Crippen LogP contribution in [0.5, 0.6) is 0 Å². The summed E-state index contributed by atoms with van der Waals surface area (Å²) in [6.07, 6.45) is 5.52. The van der Waals surface area contributed by atoms with E-state index >= 15 is 0 Å². The van der Waals surface area contributed by atoms with E-state index in [0.29, 0.717) is 10.8 Å². The molecule has 0 aliphatic heterocycles. The molecule has 3 N–H and O–H groups in total. The molecule has 0 amide bonds. The zero-order valence-corrected chi connectivity index (χ0v) is 13.8. The summed E-state index contributed by atoms with van der Waals surface area (Å²) in [6.45, 7) is 0. The molecule has 2 aromatic rings. The van der Waals surface area contributed by atoms with Crippen molar-refractivity contribution in [1.82, 2.24) is 9.97 Å². The van der Waals surface area contributed by atoms with Gasteiger partial charge in [-0.25, -0.2) is 15.8 Å². The molecule has 1 aromatic carbocycles. The van der Waals surface area contributed by atoms with E-state index in [0.717, 1.165) is 52.8 Å². The van der Waals surface area contributed by atoms with Crippen LogP contribution in [0.15, 0.2) is 22.7 Å². The first-order chi connectivity index (χ1) is 10.2. The minimum absolute atomic E-state index is 0.672. The second kappa shape index (κ2) is 6.30. The predicted octanol–water partition coefficient (Wildman–Crippen LogP) is 4.11. The molecule has 3 rings (SSSR count). The average Bonchev–Trinajstić information content (AvgIpc) is 2.74. The summed E-state index contributed by atoms with van der Waals surface area (Å²) >= 11 is 9.48. The maximum Gasteiger partial charge on any atom is 0.161 e. The van der Waals surface area contributed by atoms with E-state index in [1.807, 2.05) is 18.2 Å². The van der Waals surface area contributed by atoms with Crippen LogP contribution in [0.3, 0.4) is 0 Å². The fourth-order valence-electron chi connectivity index (χ4n) is 2.65. The van der Waals surface area contributed by atoms with E-state index in [9.17, 15) is 0 Å². The number of hydrogen-bond donors (Lipinski definition) is 2. The van der Waals surface area contributed by atoms with Gasteiger partial charge in [-0.15, -0.1) is 0 Å². The highest BCUT2D eigenvalue weighted by atomic mass is 79.9. The van der Waals surface area contributed by atoms with Crippen molar-refractivity contribution in [1.29, 1.82) is 0 Å². The Morgan fingerprint density at radius 1 is 1.14 bits per heavy atom. The first kappa shape index (κ1) is 14.8. The normalized spacial score (nSPS) is 14.4. The monoisotopic (exact) mass is 366 g/mol. The zero-order valence-electron chi connectivity index (χ0n) is 11.5. The summed E-state index contributed by atoms with van der Waals surface area (Å²) in [5, 5.41) is 0.672. The number of hydrogen-bond acceptors (Lipinski definition) is 4. The fourth-order valence-corrected chi connectivity index (χ4v) is 3.15. The molecular formula is C15H16BrClN4. The van der Waals surface area contributed by atoms with Gasteiger partial charge in [-0.1, -0.05) is 18.0 Å². The van der Waals surface area contributed by atoms with Crippen LogP contribution in [0.1, 0.15) is 30.5 Å². The fraction of sp³-hybridized carbons (Fsp3) is 0.333. The van der Waals surface area contributed by atoms with Crippen molar-refractivity contribution in [2.24, 2.45) is 5.84 Å². The first-order valence-corrected chi connectivity index (χ1v) is 8.18. The number of aryl methyl sites for hydroxylation is 1. The summed E-state index contributed by atoms with van der Waals surface area (Å²) in [4.78, 5) is 9.33. The SMILES string of the molecule is NNc1nc(-c2ccc(Cl)c(Br)c2)nc2c1CCCCC2. The van der Waals surface area contributed by atoms with Crippen LogP contribution in [0, 0.1) is 0 Å². The number of fused-ring (bicyclic) bond motifs is 1. The van der Waals surface area contributed by atoms with E-state index < -0.39 is 0 Å². The molecule has 1 heterocycles. The summed E-state index contributed by atoms with van der Waals surface area (Å²) in [5.74, 6) is 7.08. The topological polar surface area (TPSA) is 63.8 Å². The third-order valence-electron chi connectivity index (χ3n) is 3.75. The molecule has 6 heteroatoms. The van der Waals surface area contributed by atoms with Crippen LogP contribution in [0.25, 0.3) is 11.4 Å². The molecule has 0 spiro atoms. The Hall–Kier alpha value is -1.17. The second-order valence-corrected chi connectivity index (χ2v) is 6.42. The Labute approximate surface area is 137 Å². The molecule has 0 saturated heterocycles. The van der Waals surface area contributed by atoms with Gasteiger partial charge in [-0.3, -0.25) is 0 Å². The van der Waals surface area contributed by atoms with E-state index in [1.54, 1.807) is 0 Å². The lowest BCUT2D eigenvalue weighted by Gasteiger charge is -2.13. The summed E-state index contributed by atoms with van der Waals surface area (Å²) in [7, 11) is 0. The van der Waals surface area contributed by atoms with Gasteiger partial charge in [0.15, 0.2) is 5.82 Å². The standard InChI is InChI=1S/C15H16BrClN4/c16-11-8-9(6-7-12(11)17)14-19-13-5-3-1-2-4-10(13)15(20-14)21-18/h6-8H,1-5,18H2,(H,19,20,21). The Bertz CT molecular complexity index is 675. The number of aromatic nitrogens is 2. The molecule has 1 aromatic heterocycles. The average molecular weight is 368 g/mol. The van der Waals surface area contributed by atoms with Crippen molar-refractivity contribution >= 4 is 33.3 Å². The highest BCUT2D eigenvalue weighted by Crippen LogP contribution is 2.30. The van der Waals surface area contributed by atoms with Gasteiger partial charge in [0.1, 0.15) is 5.82 Å². The van der Waals surface area contributed by atoms with Crippen LogP contribution in [-0.2, 0) is 12.8 Å². The molecule has 4 nitrogen and oxygen atoms in total. The minimum atomic E-state index is 0.672. The highest BCUT2D eigenvalue weighted by Gasteiger charge is 2.17. The number of benzene rings is 1. The number of halogens is 2. The predicted molar refractivity (Wildman–Crippen MR) is 89.2 cm³/mol. The number of anilines is 1. The van der Waals surface area contributed by atoms with E-state index in [-0.39, 0.29) is 0 Å². The largest absolute Gasteiger partial charge is 0.308 e. The van der Waals surface area contributed by atoms with Crippen molar-refractivity contribution in [3.05, 3.63) is 39.0 Å². The third kappa shape index (κ3) is 3.05. The molecule has 0 atom stereocenters. The van der Waals surface area contributed by atoms with Gasteiger partial charge in [0.05, 0.1) is 5.02 Å². The Morgan fingerprint density at radius 3 is 2.71 bits per heavy atom. The maximum absolute atomic E-state index is 6.04. The van der Waals surface area contributed by atoms with Crippen molar-refractivity contribution in [3.8, 4) is 11.4 Å². The number of hydrazine groups is 1. The number of rotatable bonds is 2. The number of nitrogens with one attached hydrogen (secondary N) is 1. The van der Waals surface area contributed by atoms with Gasteiger partial charge < -0.3 is 5.43 Å². The molecule has 0 fully saturated rings. The molecule has 0 saturated carbocycles. The van der Waals surface area contributed by atoms with Gasteiger partial charge in [0, 0.05) is 21.3 Å². The molecule has 0 radical (unpaired) electrons. The van der Waals surface area contributed by atoms with Gasteiger partial charge >= 0.3 is 0 Å². The van der Waals surface area contributed by atoms with Crippen molar-refractivity contribution in [2.75, 3.05) is 5.43 Å². The number of nitrogen functional groups attached to an aromatic ring is 1. The number of nitrogens with two attached hydrogens (primary N) is 1. The van der Waals surface area contributed by atoms with Crippen LogP contribution >= 0.6 is 27.5 Å². The van der Waals surface area contributed by atoms with Gasteiger partial charge in [-0.05, 0) is 59.8 Å². The van der Waals surface area contributed by atoms with E-state index in [1.165, 1.54) is 6.42 Å². The summed E-state index contributed by atoms with van der Waals surface area (Å²) in [6, 6.07) is 5.69. The molecular weight excluding hydrogens is 352 g/mol. The van der Waals surface area contributed by atoms with E-state index in [2.05, 4.69) is 26.3 Å². The van der Waals surface area contributed by atoms with Gasteiger partial charge in [-0.2, -0.15) is 0 Å². The maximum atomic E-state index is 6.04. The minimum Gasteiger partial charge on any atom is -0.308 e. The van der Waals surface area contributed by atoms with E-state index in [4.69, 9.17) is 22.4 Å². The molecule has 0 bridgehead atoms. The quantitative estimate of drug-likeness (QED) is 0.476. The molecule has 1 aliphatic carbocycles. The lowest BCUT2D eigenvalue weighted by molar-refractivity contribution is 0.709. The Morgan fingerprint density at radius 2 is 1.95 bits per heavy atom. The summed E-state index contributed by atoms with van der Waals surface area (Å²) < 4.78 is 0.836. The molecule has 0 unspecified atom stereocenters. The lowest BCUT2D eigenvalue weighted by atomic mass is 10.1. The third-order valence-corrected chi connectivity index (χ3v) is 4.96. The van der Waals surface area contributed by atoms with Crippen molar-refractivity contribution in [2.45, 2.75) is 32.1 Å². The highest BCUT2D eigenvalue weighted by molar-refractivity contribution is 9.10. The van der Waals surface area contributed by atoms with Gasteiger partial charge in [0.25, 0.3) is 0 Å². The van der Waals surface area contributed by atoms with Crippen molar-refractivity contribution in [3.63, 3.8) is 0 Å². The molecule has 21 heavy (non-hydrogen) atoms. The van der Waals surface area contributed by atoms with Crippen LogP contribution in [0.4, 0.5) is 5.82 Å². The van der Waals surface area contributed by atoms with Crippen molar-refractivity contribution < 1.29 is 0 Å². The smallest absolute Gasteiger partial charge is 0.161 e. The molecule has 110 valence electrons. The zero-order chi connectivity index (χ0) is 14.8. The van der Waals surface area contributed by atoms with Crippen LogP contribution < -0.4 is 11.3 Å². The lowest BCUT2D eigenvalue weighted by Crippen LogP contribution is -2.14. The molecule has 1 aliphatic rings. The summed E-state index contributed by atoms with van der Waals surface area (Å²) in [5.41, 5.74) is 5.92. The number of nitrogens with zero attached hydrogens (tertiary/aromatic N) is 2. The first-order valence-electron chi connectivity index (χ1n) is 7.01.